The van der Waals surface area contributed by atoms with E-state index in [9.17, 15) is 8.78 Å². The van der Waals surface area contributed by atoms with Crippen LogP contribution >= 0.6 is 22.6 Å². The summed E-state index contributed by atoms with van der Waals surface area (Å²) in [6, 6.07) is 9.15. The third-order valence-corrected chi connectivity index (χ3v) is 4.20. The van der Waals surface area contributed by atoms with Gasteiger partial charge in [0.15, 0.2) is 0 Å². The fraction of sp³-hybridized carbons (Fsp3) is 0.200. The zero-order valence-corrected chi connectivity index (χ0v) is 13.1. The third-order valence-electron chi connectivity index (χ3n) is 3.27. The van der Waals surface area contributed by atoms with E-state index in [0.717, 1.165) is 20.3 Å². The van der Waals surface area contributed by atoms with Crippen molar-refractivity contribution in [1.29, 1.82) is 0 Å². The minimum atomic E-state index is -0.271. The SMILES string of the molecule is Cc1cc(F)ccc1CC(NN)c1ccc(F)cc1I. The van der Waals surface area contributed by atoms with E-state index < -0.39 is 0 Å². The number of rotatable bonds is 4. The summed E-state index contributed by atoms with van der Waals surface area (Å²) in [5.41, 5.74) is 5.56. The van der Waals surface area contributed by atoms with Gasteiger partial charge in [0.05, 0.1) is 6.04 Å². The first-order valence-corrected chi connectivity index (χ1v) is 7.25. The second-order valence-electron chi connectivity index (χ2n) is 4.66. The summed E-state index contributed by atoms with van der Waals surface area (Å²) >= 11 is 2.09. The van der Waals surface area contributed by atoms with Gasteiger partial charge >= 0.3 is 0 Å². The molecule has 5 heteroatoms. The van der Waals surface area contributed by atoms with Crippen molar-refractivity contribution in [3.05, 3.63) is 68.3 Å². The first-order valence-electron chi connectivity index (χ1n) is 6.17. The van der Waals surface area contributed by atoms with Crippen LogP contribution in [-0.2, 0) is 6.42 Å². The van der Waals surface area contributed by atoms with Crippen molar-refractivity contribution in [3.63, 3.8) is 0 Å². The van der Waals surface area contributed by atoms with Gasteiger partial charge in [0.25, 0.3) is 0 Å². The summed E-state index contributed by atoms with van der Waals surface area (Å²) in [6.45, 7) is 1.86. The number of nitrogens with one attached hydrogen (secondary N) is 1. The van der Waals surface area contributed by atoms with E-state index in [1.54, 1.807) is 12.1 Å². The van der Waals surface area contributed by atoms with Gasteiger partial charge in [-0.25, -0.2) is 8.78 Å². The van der Waals surface area contributed by atoms with Crippen LogP contribution in [0.1, 0.15) is 22.7 Å². The molecule has 0 aliphatic rings. The first-order chi connectivity index (χ1) is 9.51. The second-order valence-corrected chi connectivity index (χ2v) is 5.82. The van der Waals surface area contributed by atoms with Gasteiger partial charge in [-0.15, -0.1) is 0 Å². The summed E-state index contributed by atoms with van der Waals surface area (Å²) in [5, 5.41) is 0. The molecule has 0 heterocycles. The molecule has 0 radical (unpaired) electrons. The molecule has 0 saturated carbocycles. The second kappa shape index (κ2) is 6.60. The Hall–Kier alpha value is -1.05. The van der Waals surface area contributed by atoms with Crippen LogP contribution in [-0.4, -0.2) is 0 Å². The molecular weight excluding hydrogens is 373 g/mol. The van der Waals surface area contributed by atoms with Crippen LogP contribution in [0, 0.1) is 22.1 Å². The van der Waals surface area contributed by atoms with E-state index in [1.807, 2.05) is 6.92 Å². The number of hydrazine groups is 1. The lowest BCUT2D eigenvalue weighted by Gasteiger charge is -2.19. The number of nitrogens with two attached hydrogens (primary N) is 1. The Morgan fingerprint density at radius 1 is 1.15 bits per heavy atom. The molecule has 3 N–H and O–H groups in total. The van der Waals surface area contributed by atoms with E-state index in [4.69, 9.17) is 5.84 Å². The van der Waals surface area contributed by atoms with Crippen molar-refractivity contribution in [2.45, 2.75) is 19.4 Å². The van der Waals surface area contributed by atoms with Crippen molar-refractivity contribution in [3.8, 4) is 0 Å². The number of benzene rings is 2. The largest absolute Gasteiger partial charge is 0.271 e. The zero-order chi connectivity index (χ0) is 14.7. The number of hydrogen-bond acceptors (Lipinski definition) is 2. The predicted molar refractivity (Wildman–Crippen MR) is 84.0 cm³/mol. The van der Waals surface area contributed by atoms with Gasteiger partial charge in [-0.1, -0.05) is 12.1 Å². The minimum absolute atomic E-state index is 0.147. The van der Waals surface area contributed by atoms with Crippen LogP contribution in [0.3, 0.4) is 0 Å². The Bertz CT molecular complexity index is 617. The van der Waals surface area contributed by atoms with Crippen molar-refractivity contribution in [2.75, 3.05) is 0 Å². The van der Waals surface area contributed by atoms with Gasteiger partial charge in [0, 0.05) is 3.57 Å². The Morgan fingerprint density at radius 2 is 1.80 bits per heavy atom. The molecule has 0 aliphatic heterocycles. The van der Waals surface area contributed by atoms with Gasteiger partial charge in [-0.05, 0) is 76.9 Å². The van der Waals surface area contributed by atoms with Crippen molar-refractivity contribution in [2.24, 2.45) is 5.84 Å². The highest BCUT2D eigenvalue weighted by Gasteiger charge is 2.15. The quantitative estimate of drug-likeness (QED) is 0.477. The smallest absolute Gasteiger partial charge is 0.124 e. The molecule has 0 aromatic heterocycles. The van der Waals surface area contributed by atoms with E-state index in [-0.39, 0.29) is 17.7 Å². The van der Waals surface area contributed by atoms with Crippen LogP contribution in [0.5, 0.6) is 0 Å². The average molecular weight is 388 g/mol. The lowest BCUT2D eigenvalue weighted by atomic mass is 9.96. The monoisotopic (exact) mass is 388 g/mol. The molecule has 1 atom stereocenters. The van der Waals surface area contributed by atoms with Crippen molar-refractivity contribution in [1.82, 2.24) is 5.43 Å². The fourth-order valence-electron chi connectivity index (χ4n) is 2.15. The molecular formula is C15H15F2IN2. The third kappa shape index (κ3) is 3.53. The van der Waals surface area contributed by atoms with Crippen molar-refractivity contribution >= 4 is 22.6 Å². The zero-order valence-electron chi connectivity index (χ0n) is 11.0. The molecule has 0 aliphatic carbocycles. The molecule has 2 aromatic carbocycles. The standard InChI is InChI=1S/C15H15F2IN2/c1-9-6-11(16)3-2-10(9)7-15(20-19)13-5-4-12(17)8-14(13)18/h2-6,8,15,20H,7,19H2,1H3. The molecule has 0 fully saturated rings. The van der Waals surface area contributed by atoms with Gasteiger partial charge in [0.2, 0.25) is 0 Å². The Balaban J connectivity index is 2.28. The van der Waals surface area contributed by atoms with E-state index >= 15 is 0 Å². The highest BCUT2D eigenvalue weighted by molar-refractivity contribution is 14.1. The van der Waals surface area contributed by atoms with Crippen molar-refractivity contribution < 1.29 is 8.78 Å². The highest BCUT2D eigenvalue weighted by Crippen LogP contribution is 2.25. The molecule has 0 amide bonds. The molecule has 0 spiro atoms. The maximum atomic E-state index is 13.2. The van der Waals surface area contributed by atoms with Crippen LogP contribution in [0.25, 0.3) is 0 Å². The number of halogens is 3. The maximum Gasteiger partial charge on any atom is 0.124 e. The Morgan fingerprint density at radius 3 is 2.40 bits per heavy atom. The average Bonchev–Trinajstić information content (AvgIpc) is 2.39. The summed E-state index contributed by atoms with van der Waals surface area (Å²) in [4.78, 5) is 0. The van der Waals surface area contributed by atoms with Crippen LogP contribution < -0.4 is 11.3 Å². The molecule has 0 bridgehead atoms. The lowest BCUT2D eigenvalue weighted by molar-refractivity contribution is 0.544. The minimum Gasteiger partial charge on any atom is -0.271 e. The lowest BCUT2D eigenvalue weighted by Crippen LogP contribution is -2.30. The van der Waals surface area contributed by atoms with Gasteiger partial charge in [-0.3, -0.25) is 11.3 Å². The van der Waals surface area contributed by atoms with Crippen LogP contribution in [0.4, 0.5) is 8.78 Å². The molecule has 0 saturated heterocycles. The Kier molecular flexibility index (Phi) is 5.06. The van der Waals surface area contributed by atoms with Gasteiger partial charge in [-0.2, -0.15) is 0 Å². The predicted octanol–water partition coefficient (Wildman–Crippen LogP) is 3.62. The number of hydrogen-bond donors (Lipinski definition) is 2. The summed E-state index contributed by atoms with van der Waals surface area (Å²) < 4.78 is 27.1. The molecule has 1 unspecified atom stereocenters. The highest BCUT2D eigenvalue weighted by atomic mass is 127. The summed E-state index contributed by atoms with van der Waals surface area (Å²) in [5.74, 6) is 5.10. The van der Waals surface area contributed by atoms with E-state index in [1.165, 1.54) is 24.3 Å². The van der Waals surface area contributed by atoms with Gasteiger partial charge < -0.3 is 0 Å². The Labute approximate surface area is 130 Å². The van der Waals surface area contributed by atoms with E-state index in [0.29, 0.717) is 6.42 Å². The normalized spacial score (nSPS) is 12.4. The number of aryl methyl sites for hydroxylation is 1. The molecule has 2 nitrogen and oxygen atoms in total. The maximum absolute atomic E-state index is 13.2. The van der Waals surface area contributed by atoms with Gasteiger partial charge in [0.1, 0.15) is 11.6 Å². The molecule has 106 valence electrons. The molecule has 2 rings (SSSR count). The summed E-state index contributed by atoms with van der Waals surface area (Å²) in [6.07, 6.45) is 0.615. The first kappa shape index (κ1) is 15.3. The van der Waals surface area contributed by atoms with Crippen LogP contribution in [0.2, 0.25) is 0 Å². The van der Waals surface area contributed by atoms with Crippen LogP contribution in [0.15, 0.2) is 36.4 Å². The topological polar surface area (TPSA) is 38.0 Å². The molecule has 2 aromatic rings. The molecule has 20 heavy (non-hydrogen) atoms. The fourth-order valence-corrected chi connectivity index (χ4v) is 3.00. The summed E-state index contributed by atoms with van der Waals surface area (Å²) in [7, 11) is 0. The van der Waals surface area contributed by atoms with E-state index in [2.05, 4.69) is 28.0 Å².